The standard InChI is InChI=1S/C19H22N4O3/c1-22(2)14-8-6-13(7-9-14)16-12-20-21-23(16)15-10-18(25-4)19(26-5)11-17(15)24-3/h6-12H,1-5H3. The van der Waals surface area contributed by atoms with Crippen LogP contribution in [0.3, 0.4) is 0 Å². The van der Waals surface area contributed by atoms with Crippen molar-refractivity contribution in [1.82, 2.24) is 15.0 Å². The van der Waals surface area contributed by atoms with Gasteiger partial charge in [-0.05, 0) is 12.1 Å². The van der Waals surface area contributed by atoms with Gasteiger partial charge in [0.2, 0.25) is 0 Å². The zero-order valence-electron chi connectivity index (χ0n) is 15.6. The largest absolute Gasteiger partial charge is 0.494 e. The maximum Gasteiger partial charge on any atom is 0.164 e. The average Bonchev–Trinajstić information content (AvgIpc) is 3.16. The van der Waals surface area contributed by atoms with E-state index in [2.05, 4.69) is 27.3 Å². The topological polar surface area (TPSA) is 61.6 Å². The second kappa shape index (κ2) is 7.35. The van der Waals surface area contributed by atoms with Crippen LogP contribution in [-0.2, 0) is 0 Å². The summed E-state index contributed by atoms with van der Waals surface area (Å²) in [6.07, 6.45) is 1.72. The van der Waals surface area contributed by atoms with Crippen LogP contribution in [0.25, 0.3) is 16.9 Å². The number of hydrogen-bond donors (Lipinski definition) is 0. The summed E-state index contributed by atoms with van der Waals surface area (Å²) >= 11 is 0. The van der Waals surface area contributed by atoms with Gasteiger partial charge in [0.1, 0.15) is 11.4 Å². The van der Waals surface area contributed by atoms with Gasteiger partial charge in [0.25, 0.3) is 0 Å². The molecule has 3 rings (SSSR count). The predicted octanol–water partition coefficient (Wildman–Crippen LogP) is 3.03. The molecule has 0 amide bonds. The van der Waals surface area contributed by atoms with Crippen LogP contribution in [0.4, 0.5) is 5.69 Å². The fraction of sp³-hybridized carbons (Fsp3) is 0.263. The fourth-order valence-electron chi connectivity index (χ4n) is 2.72. The normalized spacial score (nSPS) is 10.5. The van der Waals surface area contributed by atoms with E-state index in [1.54, 1.807) is 38.3 Å². The summed E-state index contributed by atoms with van der Waals surface area (Å²) in [6, 6.07) is 11.8. The molecule has 0 saturated heterocycles. The molecule has 1 heterocycles. The smallest absolute Gasteiger partial charge is 0.164 e. The Morgan fingerprint density at radius 1 is 0.846 bits per heavy atom. The van der Waals surface area contributed by atoms with Gasteiger partial charge in [0.15, 0.2) is 11.5 Å². The number of rotatable bonds is 6. The highest BCUT2D eigenvalue weighted by atomic mass is 16.5. The molecule has 0 aliphatic rings. The van der Waals surface area contributed by atoms with E-state index in [-0.39, 0.29) is 0 Å². The molecule has 0 atom stereocenters. The first-order valence-corrected chi connectivity index (χ1v) is 8.08. The summed E-state index contributed by atoms with van der Waals surface area (Å²) in [5, 5.41) is 8.32. The first-order valence-electron chi connectivity index (χ1n) is 8.08. The number of nitrogens with zero attached hydrogens (tertiary/aromatic N) is 4. The lowest BCUT2D eigenvalue weighted by Crippen LogP contribution is -2.08. The molecule has 7 nitrogen and oxygen atoms in total. The number of hydrogen-bond acceptors (Lipinski definition) is 6. The van der Waals surface area contributed by atoms with Gasteiger partial charge < -0.3 is 19.1 Å². The molecule has 0 bridgehead atoms. The lowest BCUT2D eigenvalue weighted by molar-refractivity contribution is 0.348. The predicted molar refractivity (Wildman–Crippen MR) is 101 cm³/mol. The molecule has 136 valence electrons. The second-order valence-corrected chi connectivity index (χ2v) is 5.85. The van der Waals surface area contributed by atoms with Crippen molar-refractivity contribution in [2.75, 3.05) is 40.3 Å². The van der Waals surface area contributed by atoms with Crippen molar-refractivity contribution < 1.29 is 14.2 Å². The van der Waals surface area contributed by atoms with Crippen LogP contribution >= 0.6 is 0 Å². The third-order valence-electron chi connectivity index (χ3n) is 4.14. The Morgan fingerprint density at radius 3 is 2.04 bits per heavy atom. The molecule has 0 radical (unpaired) electrons. The zero-order valence-corrected chi connectivity index (χ0v) is 15.6. The summed E-state index contributed by atoms with van der Waals surface area (Å²) in [5.41, 5.74) is 3.68. The summed E-state index contributed by atoms with van der Waals surface area (Å²) in [4.78, 5) is 2.05. The van der Waals surface area contributed by atoms with Crippen molar-refractivity contribution in [3.05, 3.63) is 42.6 Å². The van der Waals surface area contributed by atoms with E-state index in [0.717, 1.165) is 16.9 Å². The molecule has 0 aliphatic heterocycles. The summed E-state index contributed by atoms with van der Waals surface area (Å²) in [5.74, 6) is 1.79. The summed E-state index contributed by atoms with van der Waals surface area (Å²) in [6.45, 7) is 0. The number of ether oxygens (including phenoxy) is 3. The fourth-order valence-corrected chi connectivity index (χ4v) is 2.72. The molecule has 7 heteroatoms. The Balaban J connectivity index is 2.11. The van der Waals surface area contributed by atoms with E-state index in [1.165, 1.54) is 0 Å². The first kappa shape index (κ1) is 17.6. The number of benzene rings is 2. The van der Waals surface area contributed by atoms with E-state index < -0.39 is 0 Å². The molecule has 0 spiro atoms. The van der Waals surface area contributed by atoms with Gasteiger partial charge in [-0.15, -0.1) is 5.10 Å². The van der Waals surface area contributed by atoms with E-state index >= 15 is 0 Å². The maximum atomic E-state index is 5.52. The molecule has 0 unspecified atom stereocenters. The molecule has 26 heavy (non-hydrogen) atoms. The Morgan fingerprint density at radius 2 is 1.46 bits per heavy atom. The van der Waals surface area contributed by atoms with Gasteiger partial charge in [-0.2, -0.15) is 0 Å². The quantitative estimate of drug-likeness (QED) is 0.678. The van der Waals surface area contributed by atoms with Crippen LogP contribution in [0.15, 0.2) is 42.6 Å². The molecule has 3 aromatic rings. The van der Waals surface area contributed by atoms with Gasteiger partial charge in [-0.3, -0.25) is 0 Å². The molecular weight excluding hydrogens is 332 g/mol. The lowest BCUT2D eigenvalue weighted by atomic mass is 10.1. The third kappa shape index (κ3) is 3.15. The number of aromatic nitrogens is 3. The van der Waals surface area contributed by atoms with Gasteiger partial charge in [0, 0.05) is 37.5 Å². The van der Waals surface area contributed by atoms with Crippen molar-refractivity contribution in [3.63, 3.8) is 0 Å². The first-order chi connectivity index (χ1) is 12.6. The second-order valence-electron chi connectivity index (χ2n) is 5.85. The lowest BCUT2D eigenvalue weighted by Gasteiger charge is -2.16. The third-order valence-corrected chi connectivity index (χ3v) is 4.14. The van der Waals surface area contributed by atoms with Crippen LogP contribution in [0, 0.1) is 0 Å². The molecule has 0 saturated carbocycles. The van der Waals surface area contributed by atoms with E-state index in [1.807, 2.05) is 32.3 Å². The zero-order chi connectivity index (χ0) is 18.7. The highest BCUT2D eigenvalue weighted by Gasteiger charge is 2.17. The van der Waals surface area contributed by atoms with Crippen LogP contribution in [0.1, 0.15) is 0 Å². The summed E-state index contributed by atoms with van der Waals surface area (Å²) in [7, 11) is 8.80. The highest BCUT2D eigenvalue weighted by molar-refractivity contribution is 5.67. The van der Waals surface area contributed by atoms with Crippen molar-refractivity contribution in [1.29, 1.82) is 0 Å². The minimum atomic E-state index is 0.588. The number of methoxy groups -OCH3 is 3. The summed E-state index contributed by atoms with van der Waals surface area (Å²) < 4.78 is 18.0. The average molecular weight is 354 g/mol. The van der Waals surface area contributed by atoms with Crippen LogP contribution in [0.5, 0.6) is 17.2 Å². The SMILES string of the molecule is COc1cc(OC)c(-n2nncc2-c2ccc(N(C)C)cc2)cc1OC. The van der Waals surface area contributed by atoms with Crippen LogP contribution < -0.4 is 19.1 Å². The number of anilines is 1. The van der Waals surface area contributed by atoms with E-state index in [0.29, 0.717) is 22.9 Å². The highest BCUT2D eigenvalue weighted by Crippen LogP contribution is 2.37. The van der Waals surface area contributed by atoms with Crippen LogP contribution in [-0.4, -0.2) is 50.4 Å². The Kier molecular flexibility index (Phi) is 4.97. The van der Waals surface area contributed by atoms with Crippen molar-refractivity contribution in [2.24, 2.45) is 0 Å². The van der Waals surface area contributed by atoms with Crippen molar-refractivity contribution in [3.8, 4) is 34.2 Å². The van der Waals surface area contributed by atoms with Crippen molar-refractivity contribution in [2.45, 2.75) is 0 Å². The molecule has 0 N–H and O–H groups in total. The minimum Gasteiger partial charge on any atom is -0.494 e. The van der Waals surface area contributed by atoms with Crippen molar-refractivity contribution >= 4 is 5.69 Å². The Bertz CT molecular complexity index is 888. The maximum absolute atomic E-state index is 5.52. The Labute approximate surface area is 152 Å². The van der Waals surface area contributed by atoms with E-state index in [4.69, 9.17) is 14.2 Å². The molecule has 0 aliphatic carbocycles. The molecule has 2 aromatic carbocycles. The Hall–Kier alpha value is -3.22. The molecular formula is C19H22N4O3. The minimum absolute atomic E-state index is 0.588. The monoisotopic (exact) mass is 354 g/mol. The van der Waals surface area contributed by atoms with Gasteiger partial charge in [-0.25, -0.2) is 4.68 Å². The molecule has 1 aromatic heterocycles. The molecule has 0 fully saturated rings. The van der Waals surface area contributed by atoms with E-state index in [9.17, 15) is 0 Å². The van der Waals surface area contributed by atoms with Gasteiger partial charge in [0.05, 0.1) is 33.2 Å². The van der Waals surface area contributed by atoms with Crippen LogP contribution in [0.2, 0.25) is 0 Å². The van der Waals surface area contributed by atoms with Gasteiger partial charge >= 0.3 is 0 Å². The van der Waals surface area contributed by atoms with Gasteiger partial charge in [-0.1, -0.05) is 17.3 Å².